The van der Waals surface area contributed by atoms with Gasteiger partial charge in [-0.25, -0.2) is 4.57 Å². The molecule has 0 unspecified atom stereocenters. The molecule has 2 nitrogen and oxygen atoms in total. The van der Waals surface area contributed by atoms with Crippen LogP contribution in [0.4, 0.5) is 0 Å². The Morgan fingerprint density at radius 3 is 2.36 bits per heavy atom. The Morgan fingerprint density at radius 1 is 0.944 bits per heavy atom. The number of ether oxygens (including phenoxy) is 1. The molecule has 1 fully saturated rings. The maximum atomic E-state index is 7.08. The van der Waals surface area contributed by atoms with E-state index < -0.39 is 8.07 Å². The Labute approximate surface area is 217 Å². The van der Waals surface area contributed by atoms with E-state index in [4.69, 9.17) is 4.74 Å². The van der Waals surface area contributed by atoms with Crippen molar-refractivity contribution in [2.45, 2.75) is 78.9 Å². The van der Waals surface area contributed by atoms with Gasteiger partial charge in [-0.3, -0.25) is 0 Å². The summed E-state index contributed by atoms with van der Waals surface area (Å²) in [7, 11) is 0.451. The third-order valence-corrected chi connectivity index (χ3v) is 10.9. The van der Waals surface area contributed by atoms with E-state index in [2.05, 4.69) is 102 Å². The second-order valence-electron chi connectivity index (χ2n) is 13.3. The lowest BCUT2D eigenvalue weighted by Gasteiger charge is -2.35. The fourth-order valence-corrected chi connectivity index (χ4v) is 8.70. The number of benzene rings is 3. The average Bonchev–Trinajstić information content (AvgIpc) is 2.79. The van der Waals surface area contributed by atoms with Crippen LogP contribution in [0.5, 0.6) is 11.5 Å². The summed E-state index contributed by atoms with van der Waals surface area (Å²) in [5.41, 5.74) is 7.17. The number of hydrogen-bond acceptors (Lipinski definition) is 1. The van der Waals surface area contributed by atoms with Gasteiger partial charge in [0.2, 0.25) is 5.69 Å². The molecule has 3 aromatic carbocycles. The molecule has 0 atom stereocenters. The smallest absolute Gasteiger partial charge is 0.228 e. The average molecular weight is 495 g/mol. The summed E-state index contributed by atoms with van der Waals surface area (Å²) in [4.78, 5) is 0. The van der Waals surface area contributed by atoms with E-state index in [1.54, 1.807) is 0 Å². The summed E-state index contributed by atoms with van der Waals surface area (Å²) in [5, 5.41) is 6.78. The van der Waals surface area contributed by atoms with Gasteiger partial charge in [0.05, 0.1) is 19.0 Å². The highest BCUT2D eigenvalue weighted by molar-refractivity contribution is 6.91. The molecule has 6 rings (SSSR count). The SMILES string of the molecule is Cc1ccc2c(C)c3c(c([Si](C)(C)C)c2c1)Oc1cc(C2CCC(C)(C)CC2)cc2cc[n+](C)c-3c12. The van der Waals surface area contributed by atoms with Crippen molar-refractivity contribution in [2.75, 3.05) is 0 Å². The van der Waals surface area contributed by atoms with E-state index in [0.29, 0.717) is 11.3 Å². The standard InChI is InChI=1S/C33H40NOSi/c1-20-9-10-25-21(2)28-30-29-23(13-16-34(30)5)18-24(22-11-14-33(3,4)15-12-22)19-27(29)35-31(28)32(26(25)17-20)36(6,7)8/h9-10,13,16-19,22H,11-12,14-15H2,1-8H3/q+1. The van der Waals surface area contributed by atoms with E-state index >= 15 is 0 Å². The zero-order chi connectivity index (χ0) is 25.6. The van der Waals surface area contributed by atoms with E-state index in [1.807, 2.05) is 0 Å². The summed E-state index contributed by atoms with van der Waals surface area (Å²) in [6.07, 6.45) is 7.38. The second kappa shape index (κ2) is 7.92. The van der Waals surface area contributed by atoms with E-state index in [0.717, 1.165) is 11.5 Å². The van der Waals surface area contributed by atoms with Crippen LogP contribution in [0, 0.1) is 19.3 Å². The number of aromatic nitrogens is 1. The first kappa shape index (κ1) is 23.7. The zero-order valence-electron chi connectivity index (χ0n) is 23.3. The van der Waals surface area contributed by atoms with Crippen LogP contribution >= 0.6 is 0 Å². The Kier molecular flexibility index (Phi) is 5.22. The lowest BCUT2D eigenvalue weighted by molar-refractivity contribution is -0.659. The predicted octanol–water partition coefficient (Wildman–Crippen LogP) is 8.44. The van der Waals surface area contributed by atoms with Gasteiger partial charge in [0.1, 0.15) is 18.5 Å². The van der Waals surface area contributed by atoms with Crippen molar-refractivity contribution in [3.63, 3.8) is 0 Å². The molecule has 1 aliphatic carbocycles. The fraction of sp³-hybridized carbons (Fsp3) is 0.424. The molecule has 1 aliphatic heterocycles. The van der Waals surface area contributed by atoms with Crippen molar-refractivity contribution in [2.24, 2.45) is 12.5 Å². The van der Waals surface area contributed by atoms with E-state index in [1.165, 1.54) is 80.4 Å². The lowest BCUT2D eigenvalue weighted by atomic mass is 9.71. The van der Waals surface area contributed by atoms with Crippen LogP contribution in [0.1, 0.15) is 62.1 Å². The molecule has 36 heavy (non-hydrogen) atoms. The van der Waals surface area contributed by atoms with Gasteiger partial charge < -0.3 is 4.74 Å². The molecule has 0 bridgehead atoms. The molecule has 2 heterocycles. The van der Waals surface area contributed by atoms with Gasteiger partial charge in [0.15, 0.2) is 6.20 Å². The fourth-order valence-electron chi connectivity index (χ4n) is 6.82. The molecule has 1 saturated carbocycles. The third-order valence-electron chi connectivity index (χ3n) is 8.91. The summed E-state index contributed by atoms with van der Waals surface area (Å²) in [5.74, 6) is 2.79. The van der Waals surface area contributed by atoms with Crippen LogP contribution in [0.3, 0.4) is 0 Å². The second-order valence-corrected chi connectivity index (χ2v) is 18.3. The number of nitrogens with zero attached hydrogens (tertiary/aromatic N) is 1. The van der Waals surface area contributed by atoms with Crippen molar-refractivity contribution in [1.82, 2.24) is 0 Å². The van der Waals surface area contributed by atoms with Gasteiger partial charge in [0.25, 0.3) is 0 Å². The van der Waals surface area contributed by atoms with Gasteiger partial charge in [-0.2, -0.15) is 0 Å². The van der Waals surface area contributed by atoms with Gasteiger partial charge in [-0.05, 0) is 89.4 Å². The van der Waals surface area contributed by atoms with Crippen LogP contribution in [0.2, 0.25) is 19.6 Å². The molecule has 0 N–H and O–H groups in total. The molecule has 0 amide bonds. The normalized spacial score (nSPS) is 17.3. The van der Waals surface area contributed by atoms with Crippen LogP contribution in [0.15, 0.2) is 42.6 Å². The van der Waals surface area contributed by atoms with Gasteiger partial charge >= 0.3 is 0 Å². The van der Waals surface area contributed by atoms with Crippen molar-refractivity contribution in [3.8, 4) is 22.8 Å². The molecular formula is C33H40NOSi+. The minimum atomic E-state index is -1.74. The molecule has 0 radical (unpaired) electrons. The summed E-state index contributed by atoms with van der Waals surface area (Å²) >= 11 is 0. The third kappa shape index (κ3) is 3.62. The van der Waals surface area contributed by atoms with Crippen molar-refractivity contribution in [3.05, 3.63) is 59.3 Å². The first-order chi connectivity index (χ1) is 16.9. The quantitative estimate of drug-likeness (QED) is 0.177. The zero-order valence-corrected chi connectivity index (χ0v) is 24.3. The number of fused-ring (bicyclic) bond motifs is 3. The molecule has 186 valence electrons. The van der Waals surface area contributed by atoms with Crippen LogP contribution in [-0.2, 0) is 7.05 Å². The molecule has 2 aliphatic rings. The highest BCUT2D eigenvalue weighted by Gasteiger charge is 2.37. The van der Waals surface area contributed by atoms with Gasteiger partial charge in [-0.1, -0.05) is 63.3 Å². The van der Waals surface area contributed by atoms with E-state index in [-0.39, 0.29) is 0 Å². The number of pyridine rings is 1. The Balaban J connectivity index is 1.65. The number of rotatable bonds is 2. The topological polar surface area (TPSA) is 13.1 Å². The first-order valence-electron chi connectivity index (χ1n) is 13.7. The van der Waals surface area contributed by atoms with Crippen LogP contribution < -0.4 is 14.5 Å². The minimum absolute atomic E-state index is 0.473. The summed E-state index contributed by atoms with van der Waals surface area (Å²) in [6.45, 7) is 16.7. The molecule has 3 heteroatoms. The highest BCUT2D eigenvalue weighted by Crippen LogP contribution is 2.50. The Hall–Kier alpha value is -2.65. The summed E-state index contributed by atoms with van der Waals surface area (Å²) < 4.78 is 9.40. The Bertz CT molecular complexity index is 1550. The lowest BCUT2D eigenvalue weighted by Crippen LogP contribution is -2.41. The Morgan fingerprint density at radius 2 is 1.67 bits per heavy atom. The van der Waals surface area contributed by atoms with Gasteiger partial charge in [-0.15, -0.1) is 0 Å². The first-order valence-corrected chi connectivity index (χ1v) is 17.2. The number of hydrogen-bond donors (Lipinski definition) is 0. The van der Waals surface area contributed by atoms with Crippen molar-refractivity contribution < 1.29 is 9.30 Å². The van der Waals surface area contributed by atoms with Crippen molar-refractivity contribution >= 4 is 34.8 Å². The molecule has 4 aromatic rings. The molecular weight excluding hydrogens is 454 g/mol. The maximum Gasteiger partial charge on any atom is 0.228 e. The molecule has 0 spiro atoms. The predicted molar refractivity (Wildman–Crippen MR) is 156 cm³/mol. The molecule has 1 aromatic heterocycles. The molecule has 0 saturated heterocycles. The monoisotopic (exact) mass is 494 g/mol. The maximum absolute atomic E-state index is 7.08. The van der Waals surface area contributed by atoms with Crippen molar-refractivity contribution in [1.29, 1.82) is 0 Å². The van der Waals surface area contributed by atoms with Crippen LogP contribution in [-0.4, -0.2) is 8.07 Å². The number of aryl methyl sites for hydroxylation is 3. The highest BCUT2D eigenvalue weighted by atomic mass is 28.3. The summed E-state index contributed by atoms with van der Waals surface area (Å²) in [6, 6.07) is 14.1. The van der Waals surface area contributed by atoms with Gasteiger partial charge in [0, 0.05) is 6.07 Å². The largest absolute Gasteiger partial charge is 0.456 e. The van der Waals surface area contributed by atoms with Crippen LogP contribution in [0.25, 0.3) is 32.8 Å². The van der Waals surface area contributed by atoms with E-state index in [9.17, 15) is 0 Å². The minimum Gasteiger partial charge on any atom is -0.456 e.